The van der Waals surface area contributed by atoms with Crippen molar-refractivity contribution < 1.29 is 9.18 Å². The monoisotopic (exact) mass is 291 g/mol. The third-order valence-corrected chi connectivity index (χ3v) is 4.24. The summed E-state index contributed by atoms with van der Waals surface area (Å²) in [6, 6.07) is 4.75. The van der Waals surface area contributed by atoms with Gasteiger partial charge in [0.25, 0.3) is 0 Å². The van der Waals surface area contributed by atoms with E-state index in [2.05, 4.69) is 15.0 Å². The fraction of sp³-hybridized carbons (Fsp3) is 0.333. The lowest BCUT2D eigenvalue weighted by Gasteiger charge is -2.11. The van der Waals surface area contributed by atoms with E-state index in [0.29, 0.717) is 28.3 Å². The van der Waals surface area contributed by atoms with Gasteiger partial charge >= 0.3 is 0 Å². The van der Waals surface area contributed by atoms with Crippen LogP contribution in [0.2, 0.25) is 0 Å². The smallest absolute Gasteiger partial charge is 0.229 e. The van der Waals surface area contributed by atoms with Crippen molar-refractivity contribution in [3.05, 3.63) is 34.5 Å². The summed E-state index contributed by atoms with van der Waals surface area (Å²) in [6.07, 6.45) is 0.331. The number of aromatic nitrogens is 1. The van der Waals surface area contributed by atoms with Gasteiger partial charge < -0.3 is 0 Å². The van der Waals surface area contributed by atoms with Crippen molar-refractivity contribution in [1.29, 1.82) is 0 Å². The van der Waals surface area contributed by atoms with Crippen LogP contribution in [-0.4, -0.2) is 24.0 Å². The summed E-state index contributed by atoms with van der Waals surface area (Å²) < 4.78 is 14.3. The third-order valence-electron chi connectivity index (χ3n) is 3.20. The molecule has 1 atom stereocenters. The summed E-state index contributed by atoms with van der Waals surface area (Å²) in [6.45, 7) is 0.747. The Kier molecular flexibility index (Phi) is 3.25. The van der Waals surface area contributed by atoms with Crippen molar-refractivity contribution in [3.63, 3.8) is 0 Å². The number of fused-ring (bicyclic) bond motifs is 1. The van der Waals surface area contributed by atoms with Gasteiger partial charge in [0, 0.05) is 24.4 Å². The number of azide groups is 1. The van der Waals surface area contributed by atoms with Gasteiger partial charge in [-0.2, -0.15) is 0 Å². The van der Waals surface area contributed by atoms with Gasteiger partial charge in [0.05, 0.1) is 4.70 Å². The molecule has 2 aromatic rings. The average Bonchev–Trinajstić information content (AvgIpc) is 3.00. The zero-order chi connectivity index (χ0) is 14.1. The Morgan fingerprint density at radius 3 is 3.20 bits per heavy atom. The van der Waals surface area contributed by atoms with Crippen LogP contribution in [0.1, 0.15) is 6.42 Å². The lowest BCUT2D eigenvalue weighted by Crippen LogP contribution is -2.24. The number of hydrogen-bond donors (Lipinski definition) is 0. The van der Waals surface area contributed by atoms with Gasteiger partial charge in [-0.1, -0.05) is 22.5 Å². The Hall–Kier alpha value is -2.18. The van der Waals surface area contributed by atoms with E-state index in [4.69, 9.17) is 5.53 Å². The van der Waals surface area contributed by atoms with Crippen molar-refractivity contribution in [3.8, 4) is 0 Å². The molecule has 1 aliphatic rings. The molecule has 0 bridgehead atoms. The first-order valence-corrected chi connectivity index (χ1v) is 6.87. The highest BCUT2D eigenvalue weighted by Crippen LogP contribution is 2.33. The number of anilines is 1. The SMILES string of the molecule is [N-]=[N+]=NCC1CC(=O)N(c2nc3c(F)cccc3s2)C1. The Morgan fingerprint density at radius 1 is 1.60 bits per heavy atom. The van der Waals surface area contributed by atoms with Gasteiger partial charge in [0.1, 0.15) is 11.3 Å². The van der Waals surface area contributed by atoms with Gasteiger partial charge in [0.15, 0.2) is 5.13 Å². The molecule has 3 rings (SSSR count). The number of carbonyl (C=O) groups excluding carboxylic acids is 1. The van der Waals surface area contributed by atoms with Crippen molar-refractivity contribution >= 4 is 32.6 Å². The number of thiazole rings is 1. The van der Waals surface area contributed by atoms with E-state index in [-0.39, 0.29) is 24.2 Å². The fourth-order valence-corrected chi connectivity index (χ4v) is 3.27. The summed E-state index contributed by atoms with van der Waals surface area (Å²) in [5.74, 6) is -0.458. The van der Waals surface area contributed by atoms with Gasteiger partial charge in [-0.3, -0.25) is 9.69 Å². The van der Waals surface area contributed by atoms with E-state index in [1.54, 1.807) is 17.0 Å². The summed E-state index contributed by atoms with van der Waals surface area (Å²) in [5, 5.41) is 4.00. The van der Waals surface area contributed by atoms with Crippen LogP contribution in [0.5, 0.6) is 0 Å². The third kappa shape index (κ3) is 2.19. The summed E-state index contributed by atoms with van der Waals surface area (Å²) >= 11 is 1.29. The van der Waals surface area contributed by atoms with Crippen LogP contribution in [0.25, 0.3) is 20.7 Å². The maximum atomic E-state index is 13.6. The van der Waals surface area contributed by atoms with Gasteiger partial charge in [-0.15, -0.1) is 0 Å². The molecular formula is C12H10FN5OS. The topological polar surface area (TPSA) is 82.0 Å². The van der Waals surface area contributed by atoms with Gasteiger partial charge in [-0.05, 0) is 23.6 Å². The minimum absolute atomic E-state index is 0.00439. The zero-order valence-corrected chi connectivity index (χ0v) is 11.2. The first-order chi connectivity index (χ1) is 9.69. The molecule has 1 unspecified atom stereocenters. The predicted molar refractivity (Wildman–Crippen MR) is 74.1 cm³/mol. The summed E-state index contributed by atoms with van der Waals surface area (Å²) in [7, 11) is 0. The largest absolute Gasteiger partial charge is 0.288 e. The number of nitrogens with zero attached hydrogens (tertiary/aromatic N) is 5. The number of carbonyl (C=O) groups is 1. The van der Waals surface area contributed by atoms with Crippen molar-refractivity contribution in [2.24, 2.45) is 11.0 Å². The number of hydrogen-bond acceptors (Lipinski definition) is 4. The summed E-state index contributed by atoms with van der Waals surface area (Å²) in [4.78, 5) is 20.4. The molecule has 2 heterocycles. The number of para-hydroxylation sites is 1. The molecule has 0 spiro atoms. The molecule has 1 fully saturated rings. The molecule has 102 valence electrons. The van der Waals surface area contributed by atoms with Crippen molar-refractivity contribution in [2.75, 3.05) is 18.0 Å². The maximum absolute atomic E-state index is 13.6. The van der Waals surface area contributed by atoms with E-state index in [0.717, 1.165) is 0 Å². The Balaban J connectivity index is 1.89. The van der Waals surface area contributed by atoms with Crippen LogP contribution in [-0.2, 0) is 4.79 Å². The number of benzene rings is 1. The van der Waals surface area contributed by atoms with Crippen LogP contribution in [0.4, 0.5) is 9.52 Å². The molecule has 0 radical (unpaired) electrons. The highest BCUT2D eigenvalue weighted by Gasteiger charge is 2.32. The average molecular weight is 291 g/mol. The minimum atomic E-state index is -0.387. The van der Waals surface area contributed by atoms with Crippen LogP contribution in [0.15, 0.2) is 23.3 Å². The molecule has 0 aliphatic carbocycles. The predicted octanol–water partition coefficient (Wildman–Crippen LogP) is 3.10. The number of amides is 1. The second kappa shape index (κ2) is 5.07. The molecule has 8 heteroatoms. The standard InChI is InChI=1S/C12H10FN5OS/c13-8-2-1-3-9-11(8)16-12(20-9)18-6-7(4-10(18)19)5-15-17-14/h1-3,7H,4-6H2. The van der Waals surface area contributed by atoms with E-state index in [1.165, 1.54) is 17.4 Å². The maximum Gasteiger partial charge on any atom is 0.229 e. The van der Waals surface area contributed by atoms with Crippen molar-refractivity contribution in [2.45, 2.75) is 6.42 Å². The van der Waals surface area contributed by atoms with E-state index in [9.17, 15) is 9.18 Å². The Labute approximate surface area is 117 Å². The van der Waals surface area contributed by atoms with Crippen LogP contribution in [0, 0.1) is 11.7 Å². The second-order valence-corrected chi connectivity index (χ2v) is 5.58. The molecule has 1 aromatic carbocycles. The molecule has 1 amide bonds. The minimum Gasteiger partial charge on any atom is -0.288 e. The molecular weight excluding hydrogens is 281 g/mol. The Bertz CT molecular complexity index is 724. The van der Waals surface area contributed by atoms with Crippen LogP contribution >= 0.6 is 11.3 Å². The van der Waals surface area contributed by atoms with E-state index < -0.39 is 0 Å². The lowest BCUT2D eigenvalue weighted by molar-refractivity contribution is -0.117. The first-order valence-electron chi connectivity index (χ1n) is 6.05. The first kappa shape index (κ1) is 12.8. The van der Waals surface area contributed by atoms with Crippen LogP contribution in [0.3, 0.4) is 0 Å². The molecule has 1 aliphatic heterocycles. The van der Waals surface area contributed by atoms with E-state index in [1.807, 2.05) is 0 Å². The highest BCUT2D eigenvalue weighted by atomic mass is 32.1. The molecule has 6 nitrogen and oxygen atoms in total. The molecule has 20 heavy (non-hydrogen) atoms. The number of halogens is 1. The van der Waals surface area contributed by atoms with Crippen LogP contribution < -0.4 is 4.90 Å². The van der Waals surface area contributed by atoms with Crippen molar-refractivity contribution in [1.82, 2.24) is 4.98 Å². The Morgan fingerprint density at radius 2 is 2.45 bits per heavy atom. The highest BCUT2D eigenvalue weighted by molar-refractivity contribution is 7.22. The zero-order valence-electron chi connectivity index (χ0n) is 10.4. The fourth-order valence-electron chi connectivity index (χ4n) is 2.26. The van der Waals surface area contributed by atoms with Gasteiger partial charge in [-0.25, -0.2) is 9.37 Å². The summed E-state index contributed by atoms with van der Waals surface area (Å²) in [5.41, 5.74) is 8.60. The molecule has 0 saturated carbocycles. The number of rotatable bonds is 3. The lowest BCUT2D eigenvalue weighted by atomic mass is 10.1. The molecule has 1 saturated heterocycles. The second-order valence-electron chi connectivity index (χ2n) is 4.57. The molecule has 0 N–H and O–H groups in total. The normalized spacial score (nSPS) is 18.6. The van der Waals surface area contributed by atoms with E-state index >= 15 is 0 Å². The quantitative estimate of drug-likeness (QED) is 0.494. The van der Waals surface area contributed by atoms with Gasteiger partial charge in [0.2, 0.25) is 5.91 Å². The molecule has 1 aromatic heterocycles.